The fourth-order valence-electron chi connectivity index (χ4n) is 13.2. The van der Waals surface area contributed by atoms with Gasteiger partial charge in [0.2, 0.25) is 5.91 Å². The van der Waals surface area contributed by atoms with Crippen LogP contribution in [0.3, 0.4) is 0 Å². The molecule has 2 unspecified atom stereocenters. The van der Waals surface area contributed by atoms with Crippen LogP contribution in [0.25, 0.3) is 5.57 Å². The summed E-state index contributed by atoms with van der Waals surface area (Å²) in [6, 6.07) is 19.3. The van der Waals surface area contributed by atoms with E-state index in [-0.39, 0.29) is 46.4 Å². The Hall–Kier alpha value is -6.47. The van der Waals surface area contributed by atoms with Gasteiger partial charge >= 0.3 is 0 Å². The molecule has 1 aliphatic carbocycles. The van der Waals surface area contributed by atoms with E-state index in [1.807, 2.05) is 23.1 Å². The number of piperidine rings is 1. The second-order valence-electron chi connectivity index (χ2n) is 22.3. The molecule has 14 nitrogen and oxygen atoms in total. The fraction of sp³-hybridized carbons (Fsp3) is 0.534. The highest BCUT2D eigenvalue weighted by molar-refractivity contribution is 6.10. The molecule has 3 N–H and O–H groups in total. The molecule has 1 aromatic heterocycles. The molecule has 0 bridgehead atoms. The number of hydrogen-bond donors (Lipinski definition) is 2. The maximum absolute atomic E-state index is 14.8. The number of fused-ring (bicyclic) bond motifs is 2. The highest BCUT2D eigenvalue weighted by atomic mass is 19.3. The zero-order chi connectivity index (χ0) is 52.6. The Labute approximate surface area is 435 Å². The van der Waals surface area contributed by atoms with E-state index in [0.29, 0.717) is 71.8 Å². The summed E-state index contributed by atoms with van der Waals surface area (Å²) < 4.78 is 43.8. The van der Waals surface area contributed by atoms with Crippen molar-refractivity contribution in [2.24, 2.45) is 27.5 Å². The maximum atomic E-state index is 14.8. The number of aromatic nitrogens is 2. The zero-order valence-electron chi connectivity index (χ0n) is 44.5. The molecular formula is C58H74F2N10O4. The minimum absolute atomic E-state index is 0.0159. The summed E-state index contributed by atoms with van der Waals surface area (Å²) in [6.45, 7) is 18.1. The number of hydrogen-bond acceptors (Lipinski definition) is 11. The van der Waals surface area contributed by atoms with Crippen molar-refractivity contribution in [2.45, 2.75) is 130 Å². The van der Waals surface area contributed by atoms with Crippen LogP contribution < -0.4 is 30.3 Å². The lowest BCUT2D eigenvalue weighted by Crippen LogP contribution is -2.74. The van der Waals surface area contributed by atoms with E-state index in [0.717, 1.165) is 92.3 Å². The van der Waals surface area contributed by atoms with Gasteiger partial charge in [-0.3, -0.25) is 24.2 Å². The van der Waals surface area contributed by atoms with Gasteiger partial charge in [-0.05, 0) is 117 Å². The predicted molar refractivity (Wildman–Crippen MR) is 287 cm³/mol. The summed E-state index contributed by atoms with van der Waals surface area (Å²) in [5.74, 6) is 2.34. The first-order chi connectivity index (χ1) is 35.5. The standard InChI is InChI=1S/C58H74F2N10O4/c1-9-42(70-49-22-25-66(36(2)71)35-48(49)53(65-70)69-24-11-13-39-26-46(41(30-62)31-63-7)47(52(59)60)28-50(39)69)18-14-37-12-10-23-67(32-37)44-33-68(34-44)43-19-15-38(16-20-43)54(72)64-55-57(3,4)56(58(55,5)6)74-45-21-17-40(29-61)51(27-45)73-8/h15-17,19-21,26-28,30-31,37,42,44,52,55-56H,9-14,18,22-25,32-35,62H2,1-8H3,(H,64,72)/b41-30+,63-31?. The number of amides is 2. The van der Waals surface area contributed by atoms with Crippen LogP contribution in [0.5, 0.6) is 11.5 Å². The Morgan fingerprint density at radius 1 is 1.01 bits per heavy atom. The maximum Gasteiger partial charge on any atom is 0.264 e. The molecule has 74 heavy (non-hydrogen) atoms. The number of benzene rings is 3. The van der Waals surface area contributed by atoms with Crippen LogP contribution in [0.4, 0.5) is 26.0 Å². The third-order valence-electron chi connectivity index (χ3n) is 16.9. The van der Waals surface area contributed by atoms with Crippen molar-refractivity contribution in [2.75, 3.05) is 63.2 Å². The van der Waals surface area contributed by atoms with Gasteiger partial charge in [0.25, 0.3) is 12.3 Å². The number of allylic oxidation sites excluding steroid dienone is 1. The van der Waals surface area contributed by atoms with Crippen molar-refractivity contribution >= 4 is 40.8 Å². The number of halogens is 2. The number of likely N-dealkylation sites (tertiary alicyclic amines) is 1. The molecule has 394 valence electrons. The molecule has 5 aliphatic rings. The van der Waals surface area contributed by atoms with Gasteiger partial charge in [0.05, 0.1) is 25.3 Å². The van der Waals surface area contributed by atoms with Crippen molar-refractivity contribution in [1.29, 1.82) is 5.26 Å². The minimum Gasteiger partial charge on any atom is -0.495 e. The Kier molecular flexibility index (Phi) is 15.2. The van der Waals surface area contributed by atoms with E-state index in [2.05, 4.69) is 82.5 Å². The van der Waals surface area contributed by atoms with Crippen LogP contribution in [-0.4, -0.2) is 109 Å². The number of aryl methyl sites for hydroxylation is 1. The molecule has 4 aliphatic heterocycles. The second kappa shape index (κ2) is 21.4. The van der Waals surface area contributed by atoms with Crippen LogP contribution in [0.15, 0.2) is 65.8 Å². The normalized spacial score (nSPS) is 22.1. The molecule has 5 heterocycles. The van der Waals surface area contributed by atoms with Crippen molar-refractivity contribution in [1.82, 2.24) is 24.9 Å². The topological polar surface area (TPSA) is 158 Å². The number of anilines is 3. The number of ether oxygens (including phenoxy) is 2. The Morgan fingerprint density at radius 2 is 1.77 bits per heavy atom. The molecule has 4 aromatic rings. The van der Waals surface area contributed by atoms with Gasteiger partial charge in [-0.25, -0.2) is 8.78 Å². The summed E-state index contributed by atoms with van der Waals surface area (Å²) in [6.07, 6.45) is 7.57. The molecule has 16 heteroatoms. The third-order valence-corrected chi connectivity index (χ3v) is 16.9. The number of nitrogens with zero attached hydrogens (tertiary/aromatic N) is 8. The number of rotatable bonds is 16. The van der Waals surface area contributed by atoms with Crippen molar-refractivity contribution in [3.05, 3.63) is 99.9 Å². The third kappa shape index (κ3) is 9.96. The van der Waals surface area contributed by atoms with Crippen LogP contribution in [0.2, 0.25) is 0 Å². The first kappa shape index (κ1) is 52.4. The lowest BCUT2D eigenvalue weighted by Gasteiger charge is -2.63. The largest absolute Gasteiger partial charge is 0.495 e. The smallest absolute Gasteiger partial charge is 0.264 e. The van der Waals surface area contributed by atoms with Crippen LogP contribution in [0, 0.1) is 28.1 Å². The molecule has 2 saturated heterocycles. The molecule has 2 amide bonds. The van der Waals surface area contributed by atoms with Crippen molar-refractivity contribution in [3.63, 3.8) is 0 Å². The Morgan fingerprint density at radius 3 is 2.43 bits per heavy atom. The monoisotopic (exact) mass is 1010 g/mol. The van der Waals surface area contributed by atoms with Gasteiger partial charge in [0.1, 0.15) is 23.7 Å². The predicted octanol–water partition coefficient (Wildman–Crippen LogP) is 9.63. The summed E-state index contributed by atoms with van der Waals surface area (Å²) in [7, 11) is 3.14. The zero-order valence-corrected chi connectivity index (χ0v) is 44.5. The van der Waals surface area contributed by atoms with Gasteiger partial charge < -0.3 is 35.2 Å². The van der Waals surface area contributed by atoms with E-state index in [9.17, 15) is 23.6 Å². The number of nitrogens with one attached hydrogen (secondary N) is 1. The number of alkyl halides is 2. The average Bonchev–Trinajstić information content (AvgIpc) is 3.76. The number of methoxy groups -OCH3 is 1. The first-order valence-electron chi connectivity index (χ1n) is 26.6. The van der Waals surface area contributed by atoms with Gasteiger partial charge in [-0.15, -0.1) is 0 Å². The molecule has 2 atom stereocenters. The summed E-state index contributed by atoms with van der Waals surface area (Å²) in [5, 5.41) is 18.1. The highest BCUT2D eigenvalue weighted by Crippen LogP contribution is 2.56. The number of carbonyl (C=O) groups excluding carboxylic acids is 2. The number of nitriles is 1. The average molecular weight is 1010 g/mol. The van der Waals surface area contributed by atoms with Crippen LogP contribution in [-0.2, 0) is 24.2 Å². The molecule has 9 rings (SSSR count). The molecule has 3 fully saturated rings. The molecule has 0 radical (unpaired) electrons. The van der Waals surface area contributed by atoms with E-state index in [4.69, 9.17) is 20.3 Å². The number of carbonyl (C=O) groups is 2. The lowest BCUT2D eigenvalue weighted by molar-refractivity contribution is -0.164. The fourth-order valence-corrected chi connectivity index (χ4v) is 13.2. The molecule has 1 saturated carbocycles. The summed E-state index contributed by atoms with van der Waals surface area (Å²) >= 11 is 0. The van der Waals surface area contributed by atoms with Crippen LogP contribution >= 0.6 is 0 Å². The number of aliphatic imine (C=N–C) groups is 1. The van der Waals surface area contributed by atoms with Crippen molar-refractivity contribution in [3.8, 4) is 17.6 Å². The van der Waals surface area contributed by atoms with Gasteiger partial charge in [0.15, 0.2) is 5.82 Å². The quantitative estimate of drug-likeness (QED) is 0.104. The highest BCUT2D eigenvalue weighted by Gasteiger charge is 2.64. The van der Waals surface area contributed by atoms with E-state index < -0.39 is 6.43 Å². The summed E-state index contributed by atoms with van der Waals surface area (Å²) in [5.41, 5.74) is 12.0. The number of nitrogens with two attached hydrogens (primary N) is 1. The van der Waals surface area contributed by atoms with E-state index in [1.54, 1.807) is 38.2 Å². The SMILES string of the molecule is CCC(CCC1CCCN(C2CN(c3ccc(C(=O)NC4C(C)(C)C(Oc5ccc(C#N)c(OC)c5)C4(C)C)cc3)C2)C1)n1nc(N2CCCc3cc(/C(C=NC)=C/N)c(C(F)F)cc32)c2c1CCN(C(C)=O)C2. The van der Waals surface area contributed by atoms with E-state index >= 15 is 0 Å². The lowest BCUT2D eigenvalue weighted by atomic mass is 9.49. The second-order valence-corrected chi connectivity index (χ2v) is 22.3. The first-order valence-corrected chi connectivity index (χ1v) is 26.6. The van der Waals surface area contributed by atoms with E-state index in [1.165, 1.54) is 32.4 Å². The molecule has 3 aromatic carbocycles. The van der Waals surface area contributed by atoms with Crippen molar-refractivity contribution < 1.29 is 27.8 Å². The molecule has 0 spiro atoms. The summed E-state index contributed by atoms with van der Waals surface area (Å²) in [4.78, 5) is 39.6. The van der Waals surface area contributed by atoms with Gasteiger partial charge in [-0.2, -0.15) is 10.4 Å². The van der Waals surface area contributed by atoms with Gasteiger partial charge in [0, 0.05) is 134 Å². The minimum atomic E-state index is -2.72. The Balaban J connectivity index is 0.817. The Bertz CT molecular complexity index is 2810. The van der Waals surface area contributed by atoms with Gasteiger partial charge in [-0.1, -0.05) is 34.6 Å². The van der Waals surface area contributed by atoms with Crippen LogP contribution in [0.1, 0.15) is 136 Å². The molecular weight excluding hydrogens is 939 g/mol.